The van der Waals surface area contributed by atoms with E-state index in [1.165, 1.54) is 18.2 Å². The van der Waals surface area contributed by atoms with E-state index in [2.05, 4.69) is 14.9 Å². The first-order chi connectivity index (χ1) is 9.95. The molecule has 1 aromatic carbocycles. The largest absolute Gasteiger partial charge is 0.477 e. The van der Waals surface area contributed by atoms with Crippen LogP contribution >= 0.6 is 0 Å². The number of carbonyl (C=O) groups excluding carboxylic acids is 1. The van der Waals surface area contributed by atoms with Crippen LogP contribution in [0.25, 0.3) is 11.3 Å². The molecule has 0 aliphatic carbocycles. The summed E-state index contributed by atoms with van der Waals surface area (Å²) in [7, 11) is 1.14. The number of nitro benzene ring substituents is 1. The highest BCUT2D eigenvalue weighted by atomic mass is 16.6. The number of benzene rings is 1. The van der Waals surface area contributed by atoms with Gasteiger partial charge in [-0.25, -0.2) is 9.59 Å². The minimum Gasteiger partial charge on any atom is -0.477 e. The zero-order valence-electron chi connectivity index (χ0n) is 10.7. The molecule has 1 heterocycles. The molecule has 0 bridgehead atoms. The van der Waals surface area contributed by atoms with Gasteiger partial charge in [-0.1, -0.05) is 6.07 Å². The number of carboxylic acid groups (broad SMARTS) is 1. The number of carbonyl (C=O) groups is 2. The lowest BCUT2D eigenvalue weighted by Crippen LogP contribution is -2.06. The van der Waals surface area contributed by atoms with Crippen molar-refractivity contribution in [3.63, 3.8) is 0 Å². The van der Waals surface area contributed by atoms with Crippen molar-refractivity contribution in [3.05, 3.63) is 45.6 Å². The second kappa shape index (κ2) is 5.41. The molecular weight excluding hydrogens is 282 g/mol. The Kier molecular flexibility index (Phi) is 3.65. The molecule has 0 radical (unpaired) electrons. The van der Waals surface area contributed by atoms with Crippen LogP contribution in [0.2, 0.25) is 0 Å². The molecular formula is C12H9N3O6. The number of nitro groups is 1. The molecule has 21 heavy (non-hydrogen) atoms. The second-order valence-corrected chi connectivity index (χ2v) is 3.92. The molecule has 1 aromatic heterocycles. The lowest BCUT2D eigenvalue weighted by Gasteiger charge is -2.05. The zero-order valence-corrected chi connectivity index (χ0v) is 10.7. The molecule has 0 spiro atoms. The van der Waals surface area contributed by atoms with Crippen LogP contribution in [0.5, 0.6) is 0 Å². The number of methoxy groups -OCH3 is 1. The first kappa shape index (κ1) is 14.2. The first-order valence-electron chi connectivity index (χ1n) is 5.60. The zero-order chi connectivity index (χ0) is 15.6. The number of H-pyrrole nitrogens is 1. The number of hydrogen-bond donors (Lipinski definition) is 2. The van der Waals surface area contributed by atoms with Crippen molar-refractivity contribution in [1.82, 2.24) is 10.2 Å². The highest BCUT2D eigenvalue weighted by molar-refractivity contribution is 6.00. The molecule has 0 unspecified atom stereocenters. The van der Waals surface area contributed by atoms with Crippen LogP contribution in [0.4, 0.5) is 5.69 Å². The van der Waals surface area contributed by atoms with Gasteiger partial charge in [-0.05, 0) is 12.1 Å². The second-order valence-electron chi connectivity index (χ2n) is 3.92. The lowest BCUT2D eigenvalue weighted by molar-refractivity contribution is -0.384. The van der Waals surface area contributed by atoms with Gasteiger partial charge in [-0.15, -0.1) is 0 Å². The summed E-state index contributed by atoms with van der Waals surface area (Å²) < 4.78 is 4.57. The molecule has 9 nitrogen and oxygen atoms in total. The van der Waals surface area contributed by atoms with Gasteiger partial charge >= 0.3 is 11.9 Å². The van der Waals surface area contributed by atoms with Gasteiger partial charge in [0.25, 0.3) is 5.69 Å². The van der Waals surface area contributed by atoms with E-state index in [9.17, 15) is 19.7 Å². The summed E-state index contributed by atoms with van der Waals surface area (Å²) in [4.78, 5) is 33.0. The fourth-order valence-electron chi connectivity index (χ4n) is 1.80. The number of esters is 1. The molecule has 0 atom stereocenters. The fourth-order valence-corrected chi connectivity index (χ4v) is 1.80. The molecule has 0 fully saturated rings. The van der Waals surface area contributed by atoms with Crippen LogP contribution in [-0.2, 0) is 4.74 Å². The van der Waals surface area contributed by atoms with Crippen molar-refractivity contribution in [2.75, 3.05) is 7.11 Å². The first-order valence-corrected chi connectivity index (χ1v) is 5.60. The average Bonchev–Trinajstić information content (AvgIpc) is 2.95. The van der Waals surface area contributed by atoms with Gasteiger partial charge in [0.05, 0.1) is 23.2 Å². The summed E-state index contributed by atoms with van der Waals surface area (Å²) in [5, 5.41) is 25.9. The molecule has 0 aliphatic rings. The van der Waals surface area contributed by atoms with Crippen molar-refractivity contribution in [2.45, 2.75) is 0 Å². The normalized spacial score (nSPS) is 10.1. The summed E-state index contributed by atoms with van der Waals surface area (Å²) in [5.74, 6) is -2.06. The van der Waals surface area contributed by atoms with Crippen LogP contribution in [0.1, 0.15) is 20.8 Å². The molecule has 0 aliphatic heterocycles. The van der Waals surface area contributed by atoms with Gasteiger partial charge in [0.1, 0.15) is 11.4 Å². The van der Waals surface area contributed by atoms with Crippen molar-refractivity contribution < 1.29 is 24.4 Å². The summed E-state index contributed by atoms with van der Waals surface area (Å²) in [6, 6.07) is 4.97. The van der Waals surface area contributed by atoms with Crippen LogP contribution in [0.3, 0.4) is 0 Å². The van der Waals surface area contributed by atoms with Gasteiger partial charge in [0.2, 0.25) is 0 Å². The maximum absolute atomic E-state index is 11.7. The van der Waals surface area contributed by atoms with Crippen LogP contribution in [0.15, 0.2) is 24.3 Å². The van der Waals surface area contributed by atoms with E-state index in [1.54, 1.807) is 0 Å². The standard InChI is InChI=1S/C12H9N3O6/c1-21-12(18)6-3-2-4-9(15(19)20)10(6)7-5-8(11(16)17)14-13-7/h2-5H,1H3,(H,13,14)(H,16,17). The van der Waals surface area contributed by atoms with Gasteiger partial charge in [-0.3, -0.25) is 15.2 Å². The number of nitrogens with one attached hydrogen (secondary N) is 1. The third-order valence-electron chi connectivity index (χ3n) is 2.71. The Hall–Kier alpha value is -3.23. The number of aromatic nitrogens is 2. The Labute approximate surface area is 117 Å². The Morgan fingerprint density at radius 3 is 2.67 bits per heavy atom. The Morgan fingerprint density at radius 1 is 1.43 bits per heavy atom. The molecule has 0 amide bonds. The molecule has 2 N–H and O–H groups in total. The Morgan fingerprint density at radius 2 is 2.14 bits per heavy atom. The Balaban J connectivity index is 2.71. The van der Waals surface area contributed by atoms with Crippen molar-refractivity contribution in [3.8, 4) is 11.3 Å². The highest BCUT2D eigenvalue weighted by Crippen LogP contribution is 2.32. The number of aromatic amines is 1. The monoisotopic (exact) mass is 291 g/mol. The van der Waals surface area contributed by atoms with E-state index in [0.717, 1.165) is 13.2 Å². The third-order valence-corrected chi connectivity index (χ3v) is 2.71. The van der Waals surface area contributed by atoms with Crippen molar-refractivity contribution in [1.29, 1.82) is 0 Å². The molecule has 2 rings (SSSR count). The number of ether oxygens (including phenoxy) is 1. The van der Waals surface area contributed by atoms with E-state index in [0.29, 0.717) is 0 Å². The van der Waals surface area contributed by atoms with E-state index >= 15 is 0 Å². The third kappa shape index (κ3) is 2.56. The Bertz CT molecular complexity index is 736. The predicted octanol–water partition coefficient (Wildman–Crippen LogP) is 1.47. The van der Waals surface area contributed by atoms with Crippen molar-refractivity contribution in [2.24, 2.45) is 0 Å². The van der Waals surface area contributed by atoms with Gasteiger partial charge in [0.15, 0.2) is 0 Å². The number of nitrogens with zero attached hydrogens (tertiary/aromatic N) is 2. The SMILES string of the molecule is COC(=O)c1cccc([N+](=O)[O-])c1-c1cc(C(=O)O)[nH]n1. The minimum atomic E-state index is -1.27. The average molecular weight is 291 g/mol. The summed E-state index contributed by atoms with van der Waals surface area (Å²) >= 11 is 0. The number of rotatable bonds is 4. The van der Waals surface area contributed by atoms with E-state index < -0.39 is 16.9 Å². The minimum absolute atomic E-state index is 0.0277. The quantitative estimate of drug-likeness (QED) is 0.494. The van der Waals surface area contributed by atoms with E-state index in [-0.39, 0.29) is 28.2 Å². The highest BCUT2D eigenvalue weighted by Gasteiger charge is 2.26. The van der Waals surface area contributed by atoms with Crippen LogP contribution in [-0.4, -0.2) is 39.3 Å². The molecule has 2 aromatic rings. The predicted molar refractivity (Wildman–Crippen MR) is 69.0 cm³/mol. The number of hydrogen-bond acceptors (Lipinski definition) is 6. The maximum Gasteiger partial charge on any atom is 0.353 e. The molecule has 0 saturated carbocycles. The molecule has 9 heteroatoms. The van der Waals surface area contributed by atoms with E-state index in [1.807, 2.05) is 0 Å². The molecule has 108 valence electrons. The summed E-state index contributed by atoms with van der Waals surface area (Å²) in [6.07, 6.45) is 0. The van der Waals surface area contributed by atoms with Crippen LogP contribution in [0, 0.1) is 10.1 Å². The van der Waals surface area contributed by atoms with Gasteiger partial charge < -0.3 is 9.84 Å². The number of carboxylic acids is 1. The fraction of sp³-hybridized carbons (Fsp3) is 0.0833. The summed E-state index contributed by atoms with van der Waals surface area (Å²) in [6.45, 7) is 0. The van der Waals surface area contributed by atoms with Crippen LogP contribution < -0.4 is 0 Å². The number of aromatic carboxylic acids is 1. The lowest BCUT2D eigenvalue weighted by atomic mass is 10.0. The summed E-state index contributed by atoms with van der Waals surface area (Å²) in [5.41, 5.74) is -0.825. The topological polar surface area (TPSA) is 135 Å². The molecule has 0 saturated heterocycles. The van der Waals surface area contributed by atoms with E-state index in [4.69, 9.17) is 5.11 Å². The van der Waals surface area contributed by atoms with Gasteiger partial charge in [-0.2, -0.15) is 5.10 Å². The van der Waals surface area contributed by atoms with Gasteiger partial charge in [0, 0.05) is 6.07 Å². The van der Waals surface area contributed by atoms with Crippen molar-refractivity contribution >= 4 is 17.6 Å². The smallest absolute Gasteiger partial charge is 0.353 e. The maximum atomic E-state index is 11.7.